The van der Waals surface area contributed by atoms with Gasteiger partial charge in [-0.25, -0.2) is 0 Å². The largest absolute Gasteiger partial charge is 0.161 e. The van der Waals surface area contributed by atoms with Gasteiger partial charge in [-0.3, -0.25) is 0 Å². The van der Waals surface area contributed by atoms with Gasteiger partial charge in [0.25, 0.3) is 0 Å². The predicted molar refractivity (Wildman–Crippen MR) is 53.8 cm³/mol. The lowest BCUT2D eigenvalue weighted by Crippen LogP contribution is -1.79. The van der Waals surface area contributed by atoms with E-state index in [4.69, 9.17) is 0 Å². The summed E-state index contributed by atoms with van der Waals surface area (Å²) in [6.07, 6.45) is 3.99. The molecule has 0 heterocycles. The third-order valence-electron chi connectivity index (χ3n) is 1.50. The molecular formula is C10H12S. The Balaban J connectivity index is 2.82. The molecule has 0 aliphatic rings. The van der Waals surface area contributed by atoms with Crippen LogP contribution in [0.2, 0.25) is 0 Å². The summed E-state index contributed by atoms with van der Waals surface area (Å²) in [5, 5.41) is 0. The second-order valence-electron chi connectivity index (χ2n) is 2.38. The monoisotopic (exact) mass is 164 g/mol. The van der Waals surface area contributed by atoms with Crippen LogP contribution >= 0.6 is 11.8 Å². The second kappa shape index (κ2) is 4.24. The summed E-state index contributed by atoms with van der Waals surface area (Å²) in [6, 6.07) is 8.45. The Morgan fingerprint density at radius 1 is 1.55 bits per heavy atom. The lowest BCUT2D eigenvalue weighted by molar-refractivity contribution is 1.41. The number of thioether (sulfide) groups is 1. The maximum atomic E-state index is 3.73. The van der Waals surface area contributed by atoms with Crippen LogP contribution in [0.1, 0.15) is 11.1 Å². The molecule has 0 spiro atoms. The van der Waals surface area contributed by atoms with Gasteiger partial charge in [0.05, 0.1) is 0 Å². The van der Waals surface area contributed by atoms with Crippen LogP contribution in [0.15, 0.2) is 30.8 Å². The highest BCUT2D eigenvalue weighted by atomic mass is 32.2. The molecule has 0 fully saturated rings. The van der Waals surface area contributed by atoms with Gasteiger partial charge in [-0.2, -0.15) is 11.8 Å². The van der Waals surface area contributed by atoms with Crippen LogP contribution in [0, 0.1) is 0 Å². The van der Waals surface area contributed by atoms with E-state index in [0.29, 0.717) is 0 Å². The van der Waals surface area contributed by atoms with E-state index in [-0.39, 0.29) is 0 Å². The molecule has 58 valence electrons. The summed E-state index contributed by atoms with van der Waals surface area (Å²) in [4.78, 5) is 0. The highest BCUT2D eigenvalue weighted by molar-refractivity contribution is 7.97. The van der Waals surface area contributed by atoms with Crippen molar-refractivity contribution in [2.75, 3.05) is 6.26 Å². The molecule has 0 saturated heterocycles. The Kier molecular flexibility index (Phi) is 3.24. The van der Waals surface area contributed by atoms with Crippen molar-refractivity contribution in [2.45, 2.75) is 5.75 Å². The van der Waals surface area contributed by atoms with Gasteiger partial charge in [0.1, 0.15) is 0 Å². The average molecular weight is 164 g/mol. The summed E-state index contributed by atoms with van der Waals surface area (Å²) >= 11 is 1.84. The van der Waals surface area contributed by atoms with E-state index in [9.17, 15) is 0 Å². The Morgan fingerprint density at radius 2 is 2.36 bits per heavy atom. The molecule has 0 radical (unpaired) electrons. The minimum Gasteiger partial charge on any atom is -0.161 e. The lowest BCUT2D eigenvalue weighted by atomic mass is 10.1. The van der Waals surface area contributed by atoms with E-state index in [0.717, 1.165) is 5.75 Å². The van der Waals surface area contributed by atoms with Crippen molar-refractivity contribution >= 4 is 17.8 Å². The summed E-state index contributed by atoms with van der Waals surface area (Å²) in [5.41, 5.74) is 2.58. The second-order valence-corrected chi connectivity index (χ2v) is 3.25. The van der Waals surface area contributed by atoms with Crippen LogP contribution in [0.4, 0.5) is 0 Å². The Morgan fingerprint density at radius 3 is 3.00 bits per heavy atom. The first-order chi connectivity index (χ1) is 5.36. The van der Waals surface area contributed by atoms with Gasteiger partial charge in [-0.1, -0.05) is 36.9 Å². The molecule has 1 rings (SSSR count). The smallest absolute Gasteiger partial charge is 0.0182 e. The maximum Gasteiger partial charge on any atom is 0.0182 e. The summed E-state index contributed by atoms with van der Waals surface area (Å²) in [6.45, 7) is 3.73. The zero-order valence-corrected chi connectivity index (χ0v) is 7.53. The molecule has 0 bridgehead atoms. The zero-order chi connectivity index (χ0) is 8.10. The number of hydrogen-bond acceptors (Lipinski definition) is 1. The number of benzene rings is 1. The number of hydrogen-bond donors (Lipinski definition) is 0. The molecular weight excluding hydrogens is 152 g/mol. The van der Waals surface area contributed by atoms with E-state index in [1.807, 2.05) is 17.8 Å². The summed E-state index contributed by atoms with van der Waals surface area (Å²) in [5.74, 6) is 1.08. The third-order valence-corrected chi connectivity index (χ3v) is 2.12. The van der Waals surface area contributed by atoms with Gasteiger partial charge in [-0.15, -0.1) is 0 Å². The molecule has 0 aromatic heterocycles. The topological polar surface area (TPSA) is 0 Å². The predicted octanol–water partition coefficient (Wildman–Crippen LogP) is 3.19. The molecule has 11 heavy (non-hydrogen) atoms. The van der Waals surface area contributed by atoms with Crippen molar-refractivity contribution in [3.05, 3.63) is 42.0 Å². The van der Waals surface area contributed by atoms with E-state index < -0.39 is 0 Å². The van der Waals surface area contributed by atoms with Crippen LogP contribution in [0.25, 0.3) is 6.08 Å². The summed E-state index contributed by atoms with van der Waals surface area (Å²) in [7, 11) is 0. The molecule has 0 aliphatic carbocycles. The minimum absolute atomic E-state index is 1.08. The Hall–Kier alpha value is -0.690. The SMILES string of the molecule is C=Cc1cccc(CSC)c1. The van der Waals surface area contributed by atoms with Crippen LogP contribution in [-0.4, -0.2) is 6.26 Å². The van der Waals surface area contributed by atoms with E-state index in [1.165, 1.54) is 11.1 Å². The van der Waals surface area contributed by atoms with Gasteiger partial charge in [0.15, 0.2) is 0 Å². The van der Waals surface area contributed by atoms with Gasteiger partial charge in [0.2, 0.25) is 0 Å². The minimum atomic E-state index is 1.08. The van der Waals surface area contributed by atoms with Crippen LogP contribution < -0.4 is 0 Å². The Bertz CT molecular complexity index is 240. The van der Waals surface area contributed by atoms with Gasteiger partial charge in [0, 0.05) is 5.75 Å². The molecule has 0 N–H and O–H groups in total. The van der Waals surface area contributed by atoms with Crippen molar-refractivity contribution in [3.63, 3.8) is 0 Å². The van der Waals surface area contributed by atoms with Crippen molar-refractivity contribution in [1.82, 2.24) is 0 Å². The summed E-state index contributed by atoms with van der Waals surface area (Å²) < 4.78 is 0. The standard InChI is InChI=1S/C10H12S/c1-3-9-5-4-6-10(7-9)8-11-2/h3-7H,1,8H2,2H3. The van der Waals surface area contributed by atoms with Crippen LogP contribution in [0.5, 0.6) is 0 Å². The molecule has 1 heteroatoms. The van der Waals surface area contributed by atoms with Crippen molar-refractivity contribution < 1.29 is 0 Å². The zero-order valence-electron chi connectivity index (χ0n) is 6.71. The van der Waals surface area contributed by atoms with Crippen molar-refractivity contribution in [1.29, 1.82) is 0 Å². The van der Waals surface area contributed by atoms with Gasteiger partial charge < -0.3 is 0 Å². The fourth-order valence-corrected chi connectivity index (χ4v) is 1.49. The van der Waals surface area contributed by atoms with Crippen molar-refractivity contribution in [3.8, 4) is 0 Å². The van der Waals surface area contributed by atoms with E-state index >= 15 is 0 Å². The molecule has 0 amide bonds. The Labute approximate surface area is 72.3 Å². The fourth-order valence-electron chi connectivity index (χ4n) is 0.977. The number of rotatable bonds is 3. The first-order valence-electron chi connectivity index (χ1n) is 3.57. The molecule has 0 saturated carbocycles. The average Bonchev–Trinajstić information content (AvgIpc) is 2.06. The van der Waals surface area contributed by atoms with Crippen LogP contribution in [-0.2, 0) is 5.75 Å². The fraction of sp³-hybridized carbons (Fsp3) is 0.200. The molecule has 0 unspecified atom stereocenters. The quantitative estimate of drug-likeness (QED) is 0.661. The molecule has 0 nitrogen and oxygen atoms in total. The van der Waals surface area contributed by atoms with Gasteiger partial charge >= 0.3 is 0 Å². The first kappa shape index (κ1) is 8.41. The lowest BCUT2D eigenvalue weighted by Gasteiger charge is -1.98. The first-order valence-corrected chi connectivity index (χ1v) is 4.96. The normalized spacial score (nSPS) is 9.55. The van der Waals surface area contributed by atoms with Crippen LogP contribution in [0.3, 0.4) is 0 Å². The molecule has 1 aromatic rings. The molecule has 0 atom stereocenters. The molecule has 1 aromatic carbocycles. The highest BCUT2D eigenvalue weighted by Gasteiger charge is 1.90. The molecule has 0 aliphatic heterocycles. The van der Waals surface area contributed by atoms with E-state index in [2.05, 4.69) is 37.1 Å². The maximum absolute atomic E-state index is 3.73. The highest BCUT2D eigenvalue weighted by Crippen LogP contribution is 2.11. The van der Waals surface area contributed by atoms with Crippen molar-refractivity contribution in [2.24, 2.45) is 0 Å². The van der Waals surface area contributed by atoms with E-state index in [1.54, 1.807) is 0 Å². The third kappa shape index (κ3) is 2.43. The van der Waals surface area contributed by atoms with Gasteiger partial charge in [-0.05, 0) is 17.4 Å².